The number of sulfone groups is 1. The van der Waals surface area contributed by atoms with E-state index >= 15 is 0 Å². The maximum Gasteiger partial charge on any atom is 0.305 e. The van der Waals surface area contributed by atoms with Crippen LogP contribution < -0.4 is 18.9 Å². The molecule has 6 nitrogen and oxygen atoms in total. The van der Waals surface area contributed by atoms with Gasteiger partial charge in [0.15, 0.2) is 11.5 Å². The first-order chi connectivity index (χ1) is 17.3. The standard InChI is InChI=1S/C29H26O6S/c1-19-5-15-25(16-6-19)36(30,31)26-17-20(2)28-27(18-26)34-29(35-28,21-7-11-23(32-3)12-8-21)22-9-13-24(33-4)14-10-22/h5-18H,1-4H3. The van der Waals surface area contributed by atoms with Gasteiger partial charge in [-0.2, -0.15) is 0 Å². The van der Waals surface area contributed by atoms with Gasteiger partial charge >= 0.3 is 5.79 Å². The van der Waals surface area contributed by atoms with E-state index in [0.29, 0.717) is 28.6 Å². The third-order valence-electron chi connectivity index (χ3n) is 6.30. The van der Waals surface area contributed by atoms with Gasteiger partial charge < -0.3 is 18.9 Å². The Bertz CT molecular complexity index is 1460. The lowest BCUT2D eigenvalue weighted by Crippen LogP contribution is -2.36. The van der Waals surface area contributed by atoms with E-state index in [-0.39, 0.29) is 9.79 Å². The first-order valence-electron chi connectivity index (χ1n) is 11.4. The Morgan fingerprint density at radius 2 is 1.19 bits per heavy atom. The third kappa shape index (κ3) is 3.95. The van der Waals surface area contributed by atoms with Crippen LogP contribution >= 0.6 is 0 Å². The molecule has 1 heterocycles. The molecular weight excluding hydrogens is 476 g/mol. The minimum absolute atomic E-state index is 0.145. The van der Waals surface area contributed by atoms with E-state index in [1.54, 1.807) is 44.6 Å². The highest BCUT2D eigenvalue weighted by atomic mass is 32.2. The summed E-state index contributed by atoms with van der Waals surface area (Å²) < 4.78 is 50.5. The number of hydrogen-bond acceptors (Lipinski definition) is 6. The zero-order valence-corrected chi connectivity index (χ0v) is 21.3. The summed E-state index contributed by atoms with van der Waals surface area (Å²) in [6, 6.07) is 24.7. The molecule has 1 aliphatic heterocycles. The van der Waals surface area contributed by atoms with Crippen molar-refractivity contribution in [3.05, 3.63) is 107 Å². The number of rotatable bonds is 6. The second kappa shape index (κ2) is 8.91. The Labute approximate surface area is 211 Å². The van der Waals surface area contributed by atoms with Crippen molar-refractivity contribution in [2.75, 3.05) is 14.2 Å². The van der Waals surface area contributed by atoms with Crippen LogP contribution in [-0.4, -0.2) is 22.6 Å². The fraction of sp³-hybridized carbons (Fsp3) is 0.172. The predicted octanol–water partition coefficient (Wildman–Crippen LogP) is 5.83. The molecule has 0 fully saturated rings. The Hall–Kier alpha value is -3.97. The molecule has 1 aliphatic rings. The number of ether oxygens (including phenoxy) is 4. The van der Waals surface area contributed by atoms with Gasteiger partial charge in [-0.3, -0.25) is 0 Å². The van der Waals surface area contributed by atoms with E-state index in [1.165, 1.54) is 6.07 Å². The van der Waals surface area contributed by atoms with Gasteiger partial charge in [0, 0.05) is 17.2 Å². The highest BCUT2D eigenvalue weighted by molar-refractivity contribution is 7.91. The van der Waals surface area contributed by atoms with Crippen LogP contribution in [0.2, 0.25) is 0 Å². The molecule has 0 saturated heterocycles. The largest absolute Gasteiger partial charge is 0.497 e. The zero-order chi connectivity index (χ0) is 25.5. The third-order valence-corrected chi connectivity index (χ3v) is 8.04. The van der Waals surface area contributed by atoms with Crippen molar-refractivity contribution in [1.82, 2.24) is 0 Å². The van der Waals surface area contributed by atoms with Gasteiger partial charge in [-0.15, -0.1) is 0 Å². The van der Waals surface area contributed by atoms with Crippen molar-refractivity contribution in [2.45, 2.75) is 29.4 Å². The number of methoxy groups -OCH3 is 2. The summed E-state index contributed by atoms with van der Waals surface area (Å²) in [7, 11) is -0.547. The maximum atomic E-state index is 13.4. The van der Waals surface area contributed by atoms with Gasteiger partial charge in [0.25, 0.3) is 0 Å². The van der Waals surface area contributed by atoms with Crippen LogP contribution in [0.1, 0.15) is 22.3 Å². The molecule has 36 heavy (non-hydrogen) atoms. The topological polar surface area (TPSA) is 71.1 Å². The van der Waals surface area contributed by atoms with Crippen molar-refractivity contribution < 1.29 is 27.4 Å². The highest BCUT2D eigenvalue weighted by Gasteiger charge is 2.46. The van der Waals surface area contributed by atoms with Crippen molar-refractivity contribution >= 4 is 9.84 Å². The normalized spacial score (nSPS) is 13.9. The molecule has 7 heteroatoms. The first-order valence-corrected chi connectivity index (χ1v) is 12.9. The molecule has 4 aromatic carbocycles. The molecule has 5 rings (SSSR count). The minimum atomic E-state index is -3.75. The van der Waals surface area contributed by atoms with Gasteiger partial charge in [0.05, 0.1) is 24.0 Å². The van der Waals surface area contributed by atoms with Gasteiger partial charge in [-0.1, -0.05) is 17.7 Å². The van der Waals surface area contributed by atoms with Gasteiger partial charge in [-0.05, 0) is 86.1 Å². The highest BCUT2D eigenvalue weighted by Crippen LogP contribution is 2.50. The molecular formula is C29H26O6S. The summed E-state index contributed by atoms with van der Waals surface area (Å²) in [5.41, 5.74) is 3.10. The summed E-state index contributed by atoms with van der Waals surface area (Å²) in [4.78, 5) is 0.370. The van der Waals surface area contributed by atoms with Gasteiger partial charge in [0.1, 0.15) is 11.5 Å². The summed E-state index contributed by atoms with van der Waals surface area (Å²) in [5, 5.41) is 0. The molecule has 0 aromatic heterocycles. The Balaban J connectivity index is 1.63. The Morgan fingerprint density at radius 3 is 1.69 bits per heavy atom. The molecule has 0 saturated carbocycles. The molecule has 0 amide bonds. The monoisotopic (exact) mass is 502 g/mol. The second-order valence-corrected chi connectivity index (χ2v) is 10.6. The summed E-state index contributed by atoms with van der Waals surface area (Å²) in [6.07, 6.45) is 0. The molecule has 0 radical (unpaired) electrons. The van der Waals surface area contributed by atoms with E-state index in [1.807, 2.05) is 62.4 Å². The lowest BCUT2D eigenvalue weighted by Gasteiger charge is -2.29. The predicted molar refractivity (Wildman–Crippen MR) is 136 cm³/mol. The molecule has 0 unspecified atom stereocenters. The van der Waals surface area contributed by atoms with Crippen molar-refractivity contribution in [1.29, 1.82) is 0 Å². The fourth-order valence-electron chi connectivity index (χ4n) is 4.27. The van der Waals surface area contributed by atoms with Gasteiger partial charge in [-0.25, -0.2) is 8.42 Å². The van der Waals surface area contributed by atoms with Crippen LogP contribution in [0, 0.1) is 13.8 Å². The summed E-state index contributed by atoms with van der Waals surface area (Å²) in [5.74, 6) is 0.915. The first kappa shape index (κ1) is 23.8. The van der Waals surface area contributed by atoms with Crippen molar-refractivity contribution in [2.24, 2.45) is 0 Å². The lowest BCUT2D eigenvalue weighted by molar-refractivity contribution is -0.0462. The molecule has 184 valence electrons. The van der Waals surface area contributed by atoms with Crippen molar-refractivity contribution in [3.63, 3.8) is 0 Å². The van der Waals surface area contributed by atoms with E-state index in [2.05, 4.69) is 0 Å². The van der Waals surface area contributed by atoms with E-state index in [9.17, 15) is 8.42 Å². The van der Waals surface area contributed by atoms with Gasteiger partial charge in [0.2, 0.25) is 9.84 Å². The smallest absolute Gasteiger partial charge is 0.305 e. The molecule has 4 aromatic rings. The fourth-order valence-corrected chi connectivity index (χ4v) is 5.63. The van der Waals surface area contributed by atoms with E-state index in [4.69, 9.17) is 18.9 Å². The summed E-state index contributed by atoms with van der Waals surface area (Å²) in [6.45, 7) is 3.73. The van der Waals surface area contributed by atoms with E-state index in [0.717, 1.165) is 16.7 Å². The molecule has 0 bridgehead atoms. The quantitative estimate of drug-likeness (QED) is 0.331. The number of benzene rings is 4. The molecule has 0 aliphatic carbocycles. The molecule has 0 atom stereocenters. The van der Waals surface area contributed by atoms with Crippen LogP contribution in [0.3, 0.4) is 0 Å². The van der Waals surface area contributed by atoms with Crippen LogP contribution in [0.15, 0.2) is 94.7 Å². The van der Waals surface area contributed by atoms with Crippen molar-refractivity contribution in [3.8, 4) is 23.0 Å². The van der Waals surface area contributed by atoms with E-state index < -0.39 is 15.6 Å². The van der Waals surface area contributed by atoms with Crippen LogP contribution in [0.4, 0.5) is 0 Å². The molecule has 0 spiro atoms. The number of aryl methyl sites for hydroxylation is 2. The Morgan fingerprint density at radius 1 is 0.667 bits per heavy atom. The van der Waals surface area contributed by atoms with Crippen LogP contribution in [-0.2, 0) is 15.6 Å². The second-order valence-electron chi connectivity index (χ2n) is 8.66. The maximum absolute atomic E-state index is 13.4. The number of fused-ring (bicyclic) bond motifs is 1. The molecule has 0 N–H and O–H groups in total. The average molecular weight is 503 g/mol. The van der Waals surface area contributed by atoms with Crippen LogP contribution in [0.5, 0.6) is 23.0 Å². The average Bonchev–Trinajstić information content (AvgIpc) is 3.30. The Kier molecular flexibility index (Phi) is 5.88. The lowest BCUT2D eigenvalue weighted by atomic mass is 9.97. The minimum Gasteiger partial charge on any atom is -0.497 e. The number of hydrogen-bond donors (Lipinski definition) is 0. The SMILES string of the molecule is COc1ccc(C2(c3ccc(OC)cc3)Oc3cc(S(=O)(=O)c4ccc(C)cc4)cc(C)c3O2)cc1. The summed E-state index contributed by atoms with van der Waals surface area (Å²) >= 11 is 0. The van der Waals surface area contributed by atoms with Crippen LogP contribution in [0.25, 0.3) is 0 Å². The zero-order valence-electron chi connectivity index (χ0n) is 20.4.